The van der Waals surface area contributed by atoms with Gasteiger partial charge >= 0.3 is 11.9 Å². The Bertz CT molecular complexity index is 714. The maximum absolute atomic E-state index is 12.8. The van der Waals surface area contributed by atoms with Crippen LogP contribution >= 0.6 is 0 Å². The van der Waals surface area contributed by atoms with Gasteiger partial charge in [-0.1, -0.05) is 43.2 Å². The van der Waals surface area contributed by atoms with E-state index >= 15 is 0 Å². The van der Waals surface area contributed by atoms with Crippen molar-refractivity contribution in [1.82, 2.24) is 4.31 Å². The van der Waals surface area contributed by atoms with Gasteiger partial charge in [-0.15, -0.1) is 0 Å². The summed E-state index contributed by atoms with van der Waals surface area (Å²) in [7, 11) is -3.12. The highest BCUT2D eigenvalue weighted by Gasteiger charge is 2.48. The van der Waals surface area contributed by atoms with Gasteiger partial charge in [0.05, 0.1) is 6.61 Å². The third-order valence-corrected chi connectivity index (χ3v) is 5.14. The van der Waals surface area contributed by atoms with Crippen LogP contribution in [0.4, 0.5) is 0 Å². The van der Waals surface area contributed by atoms with E-state index in [9.17, 15) is 18.0 Å². The van der Waals surface area contributed by atoms with E-state index in [4.69, 9.17) is 9.47 Å². The Morgan fingerprint density at radius 1 is 1.15 bits per heavy atom. The maximum atomic E-state index is 12.8. The van der Waals surface area contributed by atoms with Crippen molar-refractivity contribution < 1.29 is 27.5 Å². The monoisotopic (exact) mass is 381 g/mol. The van der Waals surface area contributed by atoms with Gasteiger partial charge in [0.25, 0.3) is 0 Å². The third-order valence-electron chi connectivity index (χ3n) is 4.28. The molecule has 1 aliphatic rings. The Labute approximate surface area is 154 Å². The highest BCUT2D eigenvalue weighted by molar-refractivity contribution is 7.70. The molecule has 0 radical (unpaired) electrons. The Balaban J connectivity index is 2.19. The smallest absolute Gasteiger partial charge is 0.333 e. The number of hydrogen-bond donors (Lipinski definition) is 1. The lowest BCUT2D eigenvalue weighted by molar-refractivity contribution is -0.155. The number of benzene rings is 1. The van der Waals surface area contributed by atoms with Crippen LogP contribution in [0, 0.1) is 0 Å². The third kappa shape index (κ3) is 4.85. The molecule has 8 heteroatoms. The predicted octanol–water partition coefficient (Wildman–Crippen LogP) is 1.95. The fourth-order valence-electron chi connectivity index (χ4n) is 3.02. The second-order valence-electron chi connectivity index (χ2n) is 5.95. The standard InChI is InChI=1S/C18H23NO6S/c1-2-24-16(20)10-13-19(26(22)23)18(11-6-7-12-18)17(21)25-14-15-8-4-3-5-9-15/h3-5,8-10,13,26H,2,6-7,11-12,14H2,1H3. The normalized spacial score (nSPS) is 15.9. The summed E-state index contributed by atoms with van der Waals surface area (Å²) in [5, 5.41) is 0. The van der Waals surface area contributed by atoms with Crippen LogP contribution in [-0.4, -0.2) is 36.8 Å². The molecule has 0 aliphatic heterocycles. The molecule has 0 saturated heterocycles. The fourth-order valence-corrected chi connectivity index (χ4v) is 3.79. The molecule has 26 heavy (non-hydrogen) atoms. The number of carbonyl (C=O) groups is 2. The van der Waals surface area contributed by atoms with Crippen molar-refractivity contribution in [3.05, 3.63) is 48.2 Å². The van der Waals surface area contributed by atoms with Gasteiger partial charge in [0, 0.05) is 12.3 Å². The number of carbonyl (C=O) groups excluding carboxylic acids is 2. The average molecular weight is 381 g/mol. The van der Waals surface area contributed by atoms with Crippen molar-refractivity contribution in [2.45, 2.75) is 44.8 Å². The van der Waals surface area contributed by atoms with Crippen LogP contribution in [0.25, 0.3) is 0 Å². The molecule has 1 saturated carbocycles. The van der Waals surface area contributed by atoms with Gasteiger partial charge in [-0.3, -0.25) is 4.31 Å². The second-order valence-corrected chi connectivity index (χ2v) is 6.86. The Hall–Kier alpha value is -2.35. The number of nitrogens with zero attached hydrogens (tertiary/aromatic N) is 1. The van der Waals surface area contributed by atoms with Crippen LogP contribution in [-0.2, 0) is 36.6 Å². The minimum absolute atomic E-state index is 0.0620. The minimum atomic E-state index is -3.12. The molecule has 0 unspecified atom stereocenters. The Kier molecular flexibility index (Phi) is 7.20. The zero-order valence-electron chi connectivity index (χ0n) is 14.6. The van der Waals surface area contributed by atoms with E-state index in [-0.39, 0.29) is 13.2 Å². The van der Waals surface area contributed by atoms with E-state index in [0.29, 0.717) is 25.7 Å². The molecule has 1 aromatic rings. The van der Waals surface area contributed by atoms with Crippen LogP contribution in [0.15, 0.2) is 42.6 Å². The summed E-state index contributed by atoms with van der Waals surface area (Å²) in [5.74, 6) is -1.27. The highest BCUT2D eigenvalue weighted by atomic mass is 32.2. The van der Waals surface area contributed by atoms with Crippen molar-refractivity contribution in [2.24, 2.45) is 0 Å². The molecule has 142 valence electrons. The first kappa shape index (κ1) is 20.0. The van der Waals surface area contributed by atoms with Crippen molar-refractivity contribution in [3.8, 4) is 0 Å². The molecule has 0 amide bonds. The number of hydrogen-bond acceptors (Lipinski definition) is 6. The number of esters is 2. The van der Waals surface area contributed by atoms with Gasteiger partial charge in [0.1, 0.15) is 6.61 Å². The largest absolute Gasteiger partial charge is 0.463 e. The van der Waals surface area contributed by atoms with E-state index in [1.165, 1.54) is 0 Å². The lowest BCUT2D eigenvalue weighted by atomic mass is 9.98. The molecular formula is C18H23NO6S. The molecule has 0 atom stereocenters. The van der Waals surface area contributed by atoms with Gasteiger partial charge in [0.15, 0.2) is 5.54 Å². The lowest BCUT2D eigenvalue weighted by Crippen LogP contribution is -2.50. The molecule has 1 aromatic carbocycles. The molecule has 0 bridgehead atoms. The average Bonchev–Trinajstić information content (AvgIpc) is 3.11. The maximum Gasteiger partial charge on any atom is 0.333 e. The summed E-state index contributed by atoms with van der Waals surface area (Å²) >= 11 is 0. The van der Waals surface area contributed by atoms with Gasteiger partial charge < -0.3 is 9.47 Å². The molecule has 2 rings (SSSR count). The van der Waals surface area contributed by atoms with Gasteiger partial charge in [0.2, 0.25) is 10.9 Å². The van der Waals surface area contributed by atoms with E-state index in [0.717, 1.165) is 22.1 Å². The number of thiol groups is 1. The molecule has 0 aromatic heterocycles. The van der Waals surface area contributed by atoms with Crippen molar-refractivity contribution in [3.63, 3.8) is 0 Å². The first-order valence-electron chi connectivity index (χ1n) is 8.49. The van der Waals surface area contributed by atoms with Crippen molar-refractivity contribution >= 4 is 22.8 Å². The SMILES string of the molecule is CCOC(=O)C=CN([SH](=O)=O)C1(C(=O)OCc2ccccc2)CCCC1. The molecule has 0 heterocycles. The van der Waals surface area contributed by atoms with Crippen molar-refractivity contribution in [1.29, 1.82) is 0 Å². The van der Waals surface area contributed by atoms with Crippen LogP contribution in [0.2, 0.25) is 0 Å². The molecule has 0 spiro atoms. The zero-order valence-corrected chi connectivity index (χ0v) is 15.5. The molecule has 7 nitrogen and oxygen atoms in total. The van der Waals surface area contributed by atoms with E-state index in [1.54, 1.807) is 6.92 Å². The fraction of sp³-hybridized carbons (Fsp3) is 0.444. The Morgan fingerprint density at radius 3 is 2.38 bits per heavy atom. The van der Waals surface area contributed by atoms with Crippen LogP contribution < -0.4 is 0 Å². The molecule has 1 aliphatic carbocycles. The molecule has 1 fully saturated rings. The van der Waals surface area contributed by atoms with E-state index < -0.39 is 28.4 Å². The van der Waals surface area contributed by atoms with Gasteiger partial charge in [-0.05, 0) is 25.3 Å². The summed E-state index contributed by atoms with van der Waals surface area (Å²) in [5.41, 5.74) is -0.499. The topological polar surface area (TPSA) is 90.0 Å². The van der Waals surface area contributed by atoms with Gasteiger partial charge in [-0.25, -0.2) is 18.0 Å². The van der Waals surface area contributed by atoms with Crippen LogP contribution in [0.5, 0.6) is 0 Å². The zero-order chi connectivity index (χ0) is 19.0. The summed E-state index contributed by atoms with van der Waals surface area (Å²) in [6, 6.07) is 9.16. The number of ether oxygens (including phenoxy) is 2. The summed E-state index contributed by atoms with van der Waals surface area (Å²) in [6.07, 6.45) is 4.20. The van der Waals surface area contributed by atoms with Crippen molar-refractivity contribution in [2.75, 3.05) is 6.61 Å². The second kappa shape index (κ2) is 9.38. The first-order chi connectivity index (χ1) is 12.5. The molecular weight excluding hydrogens is 358 g/mol. The van der Waals surface area contributed by atoms with Crippen LogP contribution in [0.1, 0.15) is 38.2 Å². The summed E-state index contributed by atoms with van der Waals surface area (Å²) < 4.78 is 34.7. The van der Waals surface area contributed by atoms with E-state index in [1.807, 2.05) is 30.3 Å². The first-order valence-corrected chi connectivity index (χ1v) is 9.62. The summed E-state index contributed by atoms with van der Waals surface area (Å²) in [6.45, 7) is 1.89. The minimum Gasteiger partial charge on any atom is -0.463 e. The lowest BCUT2D eigenvalue weighted by Gasteiger charge is -2.33. The highest BCUT2D eigenvalue weighted by Crippen LogP contribution is 2.37. The van der Waals surface area contributed by atoms with Gasteiger partial charge in [-0.2, -0.15) is 0 Å². The Morgan fingerprint density at radius 2 is 1.81 bits per heavy atom. The van der Waals surface area contributed by atoms with Crippen LogP contribution in [0.3, 0.4) is 0 Å². The number of rotatable bonds is 8. The quantitative estimate of drug-likeness (QED) is 0.421. The predicted molar refractivity (Wildman–Crippen MR) is 95.4 cm³/mol. The van der Waals surface area contributed by atoms with E-state index in [2.05, 4.69) is 0 Å². The molecule has 0 N–H and O–H groups in total. The summed E-state index contributed by atoms with van der Waals surface area (Å²) in [4.78, 5) is 24.3.